The van der Waals surface area contributed by atoms with Crippen molar-refractivity contribution in [1.29, 1.82) is 5.26 Å². The molecule has 0 saturated heterocycles. The van der Waals surface area contributed by atoms with Crippen LogP contribution in [0.4, 0.5) is 10.5 Å². The summed E-state index contributed by atoms with van der Waals surface area (Å²) in [4.78, 5) is 38.3. The molecule has 0 bridgehead atoms. The van der Waals surface area contributed by atoms with Crippen molar-refractivity contribution >= 4 is 23.6 Å². The quantitative estimate of drug-likeness (QED) is 0.370. The maximum atomic E-state index is 13.6. The lowest BCUT2D eigenvalue weighted by Gasteiger charge is -2.30. The standard InChI is InChI=1S/C30H26N4O6/c1-38-24-8-3-2-7-20(24)9-11-22-27(29(36)40-16-19-6-4-5-18(13-19)15-31)28(34-30(37)33-22)21-10-12-25-23(14-21)32-26(35)17-39-25/h2-8,10,12-14,28H,9,11,16-17H2,1H3,(H,32,35)(H2,33,34,37). The molecule has 3 aromatic rings. The third kappa shape index (κ3) is 5.73. The number of anilines is 1. The van der Waals surface area contributed by atoms with Crippen LogP contribution in [0.1, 0.15) is 34.7 Å². The molecule has 0 spiro atoms. The van der Waals surface area contributed by atoms with E-state index in [1.165, 1.54) is 0 Å². The number of amides is 3. The normalized spacial score (nSPS) is 15.9. The topological polar surface area (TPSA) is 139 Å². The van der Waals surface area contributed by atoms with Gasteiger partial charge < -0.3 is 30.2 Å². The van der Waals surface area contributed by atoms with Gasteiger partial charge in [-0.1, -0.05) is 36.4 Å². The molecule has 0 radical (unpaired) electrons. The number of nitriles is 1. The van der Waals surface area contributed by atoms with E-state index in [2.05, 4.69) is 22.0 Å². The molecule has 1 atom stereocenters. The first kappa shape index (κ1) is 26.3. The molecule has 0 aliphatic carbocycles. The number of rotatable bonds is 8. The number of carbonyl (C=O) groups is 3. The number of para-hydroxylation sites is 1. The molecule has 0 aromatic heterocycles. The fraction of sp³-hybridized carbons (Fsp3) is 0.200. The lowest BCUT2D eigenvalue weighted by Crippen LogP contribution is -2.46. The second kappa shape index (κ2) is 11.6. The largest absolute Gasteiger partial charge is 0.496 e. The Hall–Kier alpha value is -5.30. The monoisotopic (exact) mass is 538 g/mol. The molecule has 2 aliphatic heterocycles. The molecular weight excluding hydrogens is 512 g/mol. The number of aryl methyl sites for hydroxylation is 1. The number of urea groups is 1. The van der Waals surface area contributed by atoms with E-state index in [0.717, 1.165) is 5.56 Å². The molecule has 0 fully saturated rings. The van der Waals surface area contributed by atoms with Crippen LogP contribution in [0, 0.1) is 11.3 Å². The molecule has 3 N–H and O–H groups in total. The Kier molecular flexibility index (Phi) is 7.64. The minimum atomic E-state index is -0.858. The fourth-order valence-corrected chi connectivity index (χ4v) is 4.71. The molecule has 3 aromatic carbocycles. The van der Waals surface area contributed by atoms with Gasteiger partial charge in [0.2, 0.25) is 0 Å². The summed E-state index contributed by atoms with van der Waals surface area (Å²) in [5.41, 5.74) is 3.67. The van der Waals surface area contributed by atoms with Crippen molar-refractivity contribution in [3.05, 3.63) is 100 Å². The first-order valence-electron chi connectivity index (χ1n) is 12.6. The average Bonchev–Trinajstić information content (AvgIpc) is 2.98. The Labute approximate surface area is 230 Å². The van der Waals surface area contributed by atoms with Gasteiger partial charge in [-0.15, -0.1) is 0 Å². The number of nitrogens with one attached hydrogen (secondary N) is 3. The van der Waals surface area contributed by atoms with E-state index in [4.69, 9.17) is 14.2 Å². The van der Waals surface area contributed by atoms with Crippen LogP contribution in [0.2, 0.25) is 0 Å². The van der Waals surface area contributed by atoms with Gasteiger partial charge in [0.1, 0.15) is 18.1 Å². The number of carbonyl (C=O) groups excluding carboxylic acids is 3. The van der Waals surface area contributed by atoms with Crippen LogP contribution < -0.4 is 25.4 Å². The third-order valence-electron chi connectivity index (χ3n) is 6.61. The first-order valence-corrected chi connectivity index (χ1v) is 12.6. The molecule has 3 amide bonds. The highest BCUT2D eigenvalue weighted by molar-refractivity contribution is 5.97. The van der Waals surface area contributed by atoms with Crippen molar-refractivity contribution in [2.45, 2.75) is 25.5 Å². The Balaban J connectivity index is 1.49. The number of nitrogens with zero attached hydrogens (tertiary/aromatic N) is 1. The van der Waals surface area contributed by atoms with E-state index in [0.29, 0.717) is 52.4 Å². The number of benzene rings is 3. The van der Waals surface area contributed by atoms with Gasteiger partial charge in [0, 0.05) is 5.70 Å². The minimum absolute atomic E-state index is 0.0631. The van der Waals surface area contributed by atoms with Crippen molar-refractivity contribution in [3.8, 4) is 17.6 Å². The van der Waals surface area contributed by atoms with Crippen LogP contribution in [0.3, 0.4) is 0 Å². The van der Waals surface area contributed by atoms with Crippen LogP contribution in [0.5, 0.6) is 11.5 Å². The van der Waals surface area contributed by atoms with Crippen LogP contribution in [0.15, 0.2) is 78.0 Å². The summed E-state index contributed by atoms with van der Waals surface area (Å²) >= 11 is 0. The summed E-state index contributed by atoms with van der Waals surface area (Å²) in [7, 11) is 1.59. The maximum absolute atomic E-state index is 13.6. The highest BCUT2D eigenvalue weighted by atomic mass is 16.5. The Morgan fingerprint density at radius 2 is 1.90 bits per heavy atom. The summed E-state index contributed by atoms with van der Waals surface area (Å²) < 4.78 is 16.6. The molecule has 2 aliphatic rings. The Morgan fingerprint density at radius 3 is 2.73 bits per heavy atom. The van der Waals surface area contributed by atoms with Crippen molar-refractivity contribution in [3.63, 3.8) is 0 Å². The number of fused-ring (bicyclic) bond motifs is 1. The number of methoxy groups -OCH3 is 1. The van der Waals surface area contributed by atoms with Crippen LogP contribution in [-0.4, -0.2) is 31.6 Å². The highest BCUT2D eigenvalue weighted by Gasteiger charge is 2.34. The van der Waals surface area contributed by atoms with Crippen LogP contribution in [0.25, 0.3) is 0 Å². The van der Waals surface area contributed by atoms with Gasteiger partial charge in [-0.3, -0.25) is 4.79 Å². The molecule has 5 rings (SSSR count). The maximum Gasteiger partial charge on any atom is 0.338 e. The van der Waals surface area contributed by atoms with Gasteiger partial charge in [-0.05, 0) is 59.9 Å². The number of hydrogen-bond acceptors (Lipinski definition) is 7. The van der Waals surface area contributed by atoms with E-state index in [1.807, 2.05) is 24.3 Å². The highest BCUT2D eigenvalue weighted by Crippen LogP contribution is 2.35. The zero-order chi connectivity index (χ0) is 28.1. The second-order valence-electron chi connectivity index (χ2n) is 9.22. The lowest BCUT2D eigenvalue weighted by molar-refractivity contribution is -0.140. The van der Waals surface area contributed by atoms with Gasteiger partial charge in [-0.25, -0.2) is 9.59 Å². The predicted molar refractivity (Wildman–Crippen MR) is 144 cm³/mol. The van der Waals surface area contributed by atoms with Crippen molar-refractivity contribution in [2.24, 2.45) is 0 Å². The van der Waals surface area contributed by atoms with Crippen LogP contribution >= 0.6 is 0 Å². The summed E-state index contributed by atoms with van der Waals surface area (Å²) in [6, 6.07) is 20.1. The lowest BCUT2D eigenvalue weighted by atomic mass is 9.92. The molecule has 2 heterocycles. The van der Waals surface area contributed by atoms with Gasteiger partial charge in [-0.2, -0.15) is 5.26 Å². The number of hydrogen-bond donors (Lipinski definition) is 3. The number of esters is 1. The van der Waals surface area contributed by atoms with Crippen molar-refractivity contribution in [2.75, 3.05) is 19.0 Å². The second-order valence-corrected chi connectivity index (χ2v) is 9.22. The summed E-state index contributed by atoms with van der Waals surface area (Å²) in [5.74, 6) is 0.261. The van der Waals surface area contributed by atoms with Gasteiger partial charge in [0.25, 0.3) is 5.91 Å². The first-order chi connectivity index (χ1) is 19.4. The summed E-state index contributed by atoms with van der Waals surface area (Å²) in [6.45, 7) is -0.152. The van der Waals surface area contributed by atoms with E-state index < -0.39 is 18.0 Å². The summed E-state index contributed by atoms with van der Waals surface area (Å²) in [6.07, 6.45) is 0.810. The van der Waals surface area contributed by atoms with Crippen molar-refractivity contribution < 1.29 is 28.6 Å². The van der Waals surface area contributed by atoms with E-state index >= 15 is 0 Å². The van der Waals surface area contributed by atoms with Gasteiger partial charge in [0.05, 0.1) is 36.0 Å². The van der Waals surface area contributed by atoms with E-state index in [9.17, 15) is 19.6 Å². The molecule has 0 saturated carbocycles. The van der Waals surface area contributed by atoms with E-state index in [-0.39, 0.29) is 24.7 Å². The van der Waals surface area contributed by atoms with E-state index in [1.54, 1.807) is 49.6 Å². The number of ether oxygens (including phenoxy) is 3. The molecule has 202 valence electrons. The van der Waals surface area contributed by atoms with Crippen molar-refractivity contribution in [1.82, 2.24) is 10.6 Å². The van der Waals surface area contributed by atoms with Gasteiger partial charge >= 0.3 is 12.0 Å². The minimum Gasteiger partial charge on any atom is -0.496 e. The SMILES string of the molecule is COc1ccccc1CCC1=C(C(=O)OCc2cccc(C#N)c2)C(c2ccc3c(c2)NC(=O)CO3)NC(=O)N1. The smallest absolute Gasteiger partial charge is 0.338 e. The zero-order valence-electron chi connectivity index (χ0n) is 21.7. The predicted octanol–water partition coefficient (Wildman–Crippen LogP) is 3.88. The fourth-order valence-electron chi connectivity index (χ4n) is 4.71. The number of allylic oxidation sites excluding steroid dienone is 1. The van der Waals surface area contributed by atoms with Gasteiger partial charge in [0.15, 0.2) is 6.61 Å². The Morgan fingerprint density at radius 1 is 1.05 bits per heavy atom. The Bertz CT molecular complexity index is 1560. The average molecular weight is 539 g/mol. The molecule has 1 unspecified atom stereocenters. The molecule has 10 nitrogen and oxygen atoms in total. The molecular formula is C30H26N4O6. The van der Waals surface area contributed by atoms with Crippen LogP contribution in [-0.2, 0) is 27.4 Å². The summed E-state index contributed by atoms with van der Waals surface area (Å²) in [5, 5.41) is 17.6. The molecule has 40 heavy (non-hydrogen) atoms. The zero-order valence-corrected chi connectivity index (χ0v) is 21.7. The third-order valence-corrected chi connectivity index (χ3v) is 6.61. The molecule has 10 heteroatoms.